The first kappa shape index (κ1) is 15.8. The maximum Gasteiger partial charge on any atom is 0.254 e. The van der Waals surface area contributed by atoms with Crippen molar-refractivity contribution in [3.63, 3.8) is 0 Å². The molecule has 1 heterocycles. The number of benzene rings is 1. The molecule has 2 rings (SSSR count). The highest BCUT2D eigenvalue weighted by molar-refractivity contribution is 5.94. The Kier molecular flexibility index (Phi) is 5.32. The minimum atomic E-state index is -0.226. The molecule has 2 aromatic rings. The third kappa shape index (κ3) is 3.95. The lowest BCUT2D eigenvalue weighted by molar-refractivity contribution is 0.0943. The average Bonchev–Trinajstić information content (AvgIpc) is 3.02. The summed E-state index contributed by atoms with van der Waals surface area (Å²) in [6.45, 7) is 3.09. The molecule has 2 amide bonds. The van der Waals surface area contributed by atoms with Crippen molar-refractivity contribution in [2.45, 2.75) is 20.0 Å². The molecule has 4 N–H and O–H groups in total. The van der Waals surface area contributed by atoms with Gasteiger partial charge in [0.25, 0.3) is 11.8 Å². The van der Waals surface area contributed by atoms with E-state index in [-0.39, 0.29) is 18.4 Å². The Bertz CT molecular complexity index is 647. The van der Waals surface area contributed by atoms with Gasteiger partial charge in [-0.25, -0.2) is 0 Å². The molecule has 0 spiro atoms. The molecule has 0 aliphatic heterocycles. The van der Waals surface area contributed by atoms with Crippen LogP contribution in [0.25, 0.3) is 0 Å². The first-order valence-electron chi connectivity index (χ1n) is 7.07. The molecular formula is C16H19N3O3. The standard InChI is InChI=1S/C16H19N3O3/c1-2-18-15(20)12-5-3-11(4-6-12)9-19-16(21)13-7-14(8-17)22-10-13/h3-7,10H,2,8-9,17H2,1H3,(H,18,20)(H,19,21). The van der Waals surface area contributed by atoms with Crippen molar-refractivity contribution < 1.29 is 14.0 Å². The fraction of sp³-hybridized carbons (Fsp3) is 0.250. The van der Waals surface area contributed by atoms with Crippen LogP contribution in [0.4, 0.5) is 0 Å². The van der Waals surface area contributed by atoms with E-state index in [1.165, 1.54) is 6.26 Å². The lowest BCUT2D eigenvalue weighted by atomic mass is 10.1. The zero-order valence-electron chi connectivity index (χ0n) is 12.4. The smallest absolute Gasteiger partial charge is 0.254 e. The van der Waals surface area contributed by atoms with Crippen molar-refractivity contribution in [3.05, 3.63) is 59.0 Å². The predicted molar refractivity (Wildman–Crippen MR) is 82.2 cm³/mol. The van der Waals surface area contributed by atoms with Crippen LogP contribution in [0.1, 0.15) is 39.0 Å². The van der Waals surface area contributed by atoms with Gasteiger partial charge in [0.05, 0.1) is 12.1 Å². The van der Waals surface area contributed by atoms with Gasteiger partial charge in [-0.15, -0.1) is 0 Å². The second-order valence-corrected chi connectivity index (χ2v) is 4.74. The molecule has 0 aliphatic rings. The monoisotopic (exact) mass is 301 g/mol. The van der Waals surface area contributed by atoms with E-state index in [1.54, 1.807) is 18.2 Å². The van der Waals surface area contributed by atoms with Gasteiger partial charge < -0.3 is 20.8 Å². The van der Waals surface area contributed by atoms with Crippen molar-refractivity contribution in [1.29, 1.82) is 0 Å². The number of amides is 2. The van der Waals surface area contributed by atoms with Gasteiger partial charge in [-0.1, -0.05) is 12.1 Å². The summed E-state index contributed by atoms with van der Waals surface area (Å²) in [5.41, 5.74) is 7.38. The molecule has 116 valence electrons. The van der Waals surface area contributed by atoms with Crippen LogP contribution in [-0.4, -0.2) is 18.4 Å². The number of carbonyl (C=O) groups excluding carboxylic acids is 2. The minimum absolute atomic E-state index is 0.106. The highest BCUT2D eigenvalue weighted by Gasteiger charge is 2.09. The number of nitrogens with two attached hydrogens (primary N) is 1. The molecule has 6 nitrogen and oxygen atoms in total. The minimum Gasteiger partial charge on any atom is -0.467 e. The van der Waals surface area contributed by atoms with Gasteiger partial charge in [-0.2, -0.15) is 0 Å². The Hall–Kier alpha value is -2.60. The predicted octanol–water partition coefficient (Wildman–Crippen LogP) is 1.42. The fourth-order valence-corrected chi connectivity index (χ4v) is 1.93. The molecule has 1 aromatic heterocycles. The molecule has 0 saturated heterocycles. The van der Waals surface area contributed by atoms with Gasteiger partial charge in [-0.3, -0.25) is 9.59 Å². The third-order valence-corrected chi connectivity index (χ3v) is 3.12. The summed E-state index contributed by atoms with van der Waals surface area (Å²) in [7, 11) is 0. The first-order chi connectivity index (χ1) is 10.6. The average molecular weight is 301 g/mol. The van der Waals surface area contributed by atoms with Crippen LogP contribution in [0.15, 0.2) is 41.0 Å². The summed E-state index contributed by atoms with van der Waals surface area (Å²) < 4.78 is 5.12. The summed E-state index contributed by atoms with van der Waals surface area (Å²) >= 11 is 0. The number of hydrogen-bond acceptors (Lipinski definition) is 4. The summed E-state index contributed by atoms with van der Waals surface area (Å²) in [5, 5.41) is 5.52. The number of nitrogens with one attached hydrogen (secondary N) is 2. The van der Waals surface area contributed by atoms with E-state index in [2.05, 4.69) is 10.6 Å². The van der Waals surface area contributed by atoms with E-state index in [9.17, 15) is 9.59 Å². The largest absolute Gasteiger partial charge is 0.467 e. The second kappa shape index (κ2) is 7.42. The van der Waals surface area contributed by atoms with Crippen molar-refractivity contribution in [1.82, 2.24) is 10.6 Å². The Morgan fingerprint density at radius 3 is 2.36 bits per heavy atom. The van der Waals surface area contributed by atoms with E-state index in [0.717, 1.165) is 5.56 Å². The van der Waals surface area contributed by atoms with E-state index in [1.807, 2.05) is 19.1 Å². The maximum absolute atomic E-state index is 11.9. The number of rotatable bonds is 6. The highest BCUT2D eigenvalue weighted by Crippen LogP contribution is 2.08. The van der Waals surface area contributed by atoms with E-state index in [0.29, 0.717) is 30.0 Å². The molecule has 1 aromatic carbocycles. The highest BCUT2D eigenvalue weighted by atomic mass is 16.3. The van der Waals surface area contributed by atoms with Gasteiger partial charge in [0.15, 0.2) is 0 Å². The van der Waals surface area contributed by atoms with Gasteiger partial charge in [0, 0.05) is 18.7 Å². The lowest BCUT2D eigenvalue weighted by Gasteiger charge is -2.06. The van der Waals surface area contributed by atoms with Crippen molar-refractivity contribution in [3.8, 4) is 0 Å². The van der Waals surface area contributed by atoms with E-state index < -0.39 is 0 Å². The summed E-state index contributed by atoms with van der Waals surface area (Å²) in [6, 6.07) is 8.71. The van der Waals surface area contributed by atoms with Gasteiger partial charge in [0.1, 0.15) is 12.0 Å². The SMILES string of the molecule is CCNC(=O)c1ccc(CNC(=O)c2coc(CN)c2)cc1. The Morgan fingerprint density at radius 1 is 1.09 bits per heavy atom. The van der Waals surface area contributed by atoms with Crippen LogP contribution in [0.3, 0.4) is 0 Å². The molecular weight excluding hydrogens is 282 g/mol. The lowest BCUT2D eigenvalue weighted by Crippen LogP contribution is -2.23. The molecule has 22 heavy (non-hydrogen) atoms. The van der Waals surface area contributed by atoms with Crippen LogP contribution >= 0.6 is 0 Å². The second-order valence-electron chi connectivity index (χ2n) is 4.74. The number of carbonyl (C=O) groups is 2. The fourth-order valence-electron chi connectivity index (χ4n) is 1.93. The Morgan fingerprint density at radius 2 is 1.77 bits per heavy atom. The van der Waals surface area contributed by atoms with Crippen LogP contribution < -0.4 is 16.4 Å². The van der Waals surface area contributed by atoms with E-state index >= 15 is 0 Å². The first-order valence-corrected chi connectivity index (χ1v) is 7.07. The summed E-state index contributed by atoms with van der Waals surface area (Å²) in [5.74, 6) is 0.235. The molecule has 6 heteroatoms. The topological polar surface area (TPSA) is 97.4 Å². The van der Waals surface area contributed by atoms with Crippen LogP contribution in [0.5, 0.6) is 0 Å². The molecule has 0 radical (unpaired) electrons. The van der Waals surface area contributed by atoms with Crippen molar-refractivity contribution in [2.24, 2.45) is 5.73 Å². The number of furan rings is 1. The number of hydrogen-bond donors (Lipinski definition) is 3. The van der Waals surface area contributed by atoms with E-state index in [4.69, 9.17) is 10.2 Å². The maximum atomic E-state index is 11.9. The molecule has 0 atom stereocenters. The zero-order valence-corrected chi connectivity index (χ0v) is 12.4. The normalized spacial score (nSPS) is 10.3. The van der Waals surface area contributed by atoms with Crippen LogP contribution in [-0.2, 0) is 13.1 Å². The van der Waals surface area contributed by atoms with Crippen LogP contribution in [0, 0.1) is 0 Å². The quantitative estimate of drug-likeness (QED) is 0.751. The Labute approximate surface area is 128 Å². The molecule has 0 unspecified atom stereocenters. The summed E-state index contributed by atoms with van der Waals surface area (Å²) in [4.78, 5) is 23.6. The summed E-state index contributed by atoms with van der Waals surface area (Å²) in [6.07, 6.45) is 1.38. The molecule has 0 bridgehead atoms. The van der Waals surface area contributed by atoms with Gasteiger partial charge in [0.2, 0.25) is 0 Å². The van der Waals surface area contributed by atoms with Crippen LogP contribution in [0.2, 0.25) is 0 Å². The molecule has 0 fully saturated rings. The third-order valence-electron chi connectivity index (χ3n) is 3.12. The molecule has 0 aliphatic carbocycles. The van der Waals surface area contributed by atoms with Crippen molar-refractivity contribution >= 4 is 11.8 Å². The molecule has 0 saturated carbocycles. The van der Waals surface area contributed by atoms with Gasteiger partial charge in [-0.05, 0) is 30.7 Å². The zero-order chi connectivity index (χ0) is 15.9. The van der Waals surface area contributed by atoms with Gasteiger partial charge >= 0.3 is 0 Å². The van der Waals surface area contributed by atoms with Crippen molar-refractivity contribution in [2.75, 3.05) is 6.54 Å². The Balaban J connectivity index is 1.91.